The Hall–Kier alpha value is -5.67. The molecule has 0 saturated heterocycles. The van der Waals surface area contributed by atoms with E-state index in [4.69, 9.17) is 9.47 Å². The molecule has 5 aromatic rings. The van der Waals surface area contributed by atoms with Gasteiger partial charge in [-0.25, -0.2) is 20.8 Å². The van der Waals surface area contributed by atoms with Gasteiger partial charge in [-0.15, -0.1) is 0 Å². The predicted octanol–water partition coefficient (Wildman–Crippen LogP) is 2.88. The number of phenolic OH excluding ortho intramolecular Hbond substituents is 1. The van der Waals surface area contributed by atoms with Gasteiger partial charge in [0, 0.05) is 18.1 Å². The molecule has 5 N–H and O–H groups in total. The van der Waals surface area contributed by atoms with E-state index in [9.17, 15) is 15.2 Å². The van der Waals surface area contributed by atoms with E-state index in [2.05, 4.69) is 31.9 Å². The number of aromatic nitrogens is 4. The number of rotatable bonds is 8. The summed E-state index contributed by atoms with van der Waals surface area (Å²) in [5.41, 5.74) is 5.61. The van der Waals surface area contributed by atoms with E-state index in [0.717, 1.165) is 0 Å². The van der Waals surface area contributed by atoms with Crippen molar-refractivity contribution in [2.75, 3.05) is 25.0 Å². The number of nitrogens with two attached hydrogens (primary N) is 1. The van der Waals surface area contributed by atoms with Gasteiger partial charge in [-0.05, 0) is 47.9 Å². The fraction of sp³-hybridized carbons (Fsp3) is 0.0741. The Balaban J connectivity index is 1.56. The summed E-state index contributed by atoms with van der Waals surface area (Å²) in [5.74, 6) is 0.851. The van der Waals surface area contributed by atoms with Crippen LogP contribution in [0.15, 0.2) is 73.2 Å². The van der Waals surface area contributed by atoms with Crippen molar-refractivity contribution in [3.63, 3.8) is 0 Å². The molecule has 0 aliphatic heterocycles. The minimum absolute atomic E-state index is 0.0417. The van der Waals surface area contributed by atoms with Crippen LogP contribution >= 0.6 is 0 Å². The third kappa shape index (κ3) is 4.85. The van der Waals surface area contributed by atoms with E-state index >= 15 is 0 Å². The Kier molecular flexibility index (Phi) is 6.89. The summed E-state index contributed by atoms with van der Waals surface area (Å²) < 4.78 is 12.1. The van der Waals surface area contributed by atoms with Crippen LogP contribution in [0.2, 0.25) is 0 Å². The van der Waals surface area contributed by atoms with Gasteiger partial charge in [0.1, 0.15) is 23.1 Å². The van der Waals surface area contributed by atoms with Crippen molar-refractivity contribution in [3.05, 3.63) is 84.3 Å². The summed E-state index contributed by atoms with van der Waals surface area (Å²) in [5, 5.41) is 29.2. The fourth-order valence-electron chi connectivity index (χ4n) is 4.06. The zero-order valence-electron chi connectivity index (χ0n) is 20.9. The number of anilines is 2. The van der Waals surface area contributed by atoms with Gasteiger partial charge in [0.2, 0.25) is 5.69 Å². The number of ether oxygens (including phenoxy) is 2. The summed E-state index contributed by atoms with van der Waals surface area (Å²) in [6, 6.07) is 17.5. The fourth-order valence-corrected chi connectivity index (χ4v) is 4.06. The molecule has 0 fully saturated rings. The molecule has 1 amide bonds. The number of hydrogen-bond acceptors (Lipinski definition) is 9. The monoisotopic (exact) mass is 523 g/mol. The number of hydrogen-bond donors (Lipinski definition) is 4. The first-order chi connectivity index (χ1) is 19.0. The van der Waals surface area contributed by atoms with Crippen molar-refractivity contribution in [2.45, 2.75) is 0 Å². The molecule has 39 heavy (non-hydrogen) atoms. The van der Waals surface area contributed by atoms with Crippen LogP contribution in [0.1, 0.15) is 15.9 Å². The number of amides is 1. The van der Waals surface area contributed by atoms with Gasteiger partial charge in [0.25, 0.3) is 11.9 Å². The molecule has 0 aliphatic carbocycles. The normalized spacial score (nSPS) is 10.6. The first-order valence-corrected chi connectivity index (χ1v) is 11.7. The van der Waals surface area contributed by atoms with Crippen LogP contribution in [0, 0.1) is 11.3 Å². The van der Waals surface area contributed by atoms with Crippen molar-refractivity contribution in [2.24, 2.45) is 0 Å². The molecular weight excluding hydrogens is 500 g/mol. The summed E-state index contributed by atoms with van der Waals surface area (Å²) in [7, 11) is 3.07. The van der Waals surface area contributed by atoms with Crippen LogP contribution in [-0.4, -0.2) is 45.0 Å². The number of methoxy groups -OCH3 is 2. The number of fused-ring (bicyclic) bond motifs is 1. The number of nitriles is 1. The molecule has 12 nitrogen and oxygen atoms in total. The molecule has 12 heteroatoms. The van der Waals surface area contributed by atoms with Crippen LogP contribution in [-0.2, 0) is 0 Å². The Morgan fingerprint density at radius 2 is 1.85 bits per heavy atom. The minimum atomic E-state index is -0.516. The number of nitrogens with zero attached hydrogens (tertiary/aromatic N) is 5. The third-order valence-electron chi connectivity index (χ3n) is 5.93. The topological polar surface area (TPSA) is 164 Å². The molecule has 3 aromatic carbocycles. The third-order valence-corrected chi connectivity index (χ3v) is 5.93. The summed E-state index contributed by atoms with van der Waals surface area (Å²) in [6.45, 7) is 0. The van der Waals surface area contributed by atoms with Gasteiger partial charge in [0.15, 0.2) is 11.6 Å². The lowest BCUT2D eigenvalue weighted by atomic mass is 10.0. The number of aromatic hydroxyl groups is 1. The second-order valence-electron chi connectivity index (χ2n) is 8.20. The van der Waals surface area contributed by atoms with Crippen LogP contribution in [0.4, 0.5) is 17.2 Å². The number of phenols is 1. The number of benzene rings is 3. The first-order valence-electron chi connectivity index (χ1n) is 11.7. The zero-order valence-corrected chi connectivity index (χ0v) is 20.9. The van der Waals surface area contributed by atoms with Gasteiger partial charge in [-0.1, -0.05) is 12.1 Å². The molecule has 0 spiro atoms. The average molecular weight is 524 g/mol. The number of nitrogen functional groups attached to an aromatic ring is 1. The lowest BCUT2D eigenvalue weighted by Crippen LogP contribution is -2.83. The average Bonchev–Trinajstić information content (AvgIpc) is 3.39. The maximum absolute atomic E-state index is 13.3. The van der Waals surface area contributed by atoms with E-state index < -0.39 is 5.91 Å². The number of carbonyl (C=O) groups excluding carboxylic acids is 1. The molecule has 0 bridgehead atoms. The van der Waals surface area contributed by atoms with Crippen molar-refractivity contribution in [1.29, 1.82) is 5.26 Å². The molecule has 0 aliphatic rings. The van der Waals surface area contributed by atoms with Gasteiger partial charge < -0.3 is 19.9 Å². The van der Waals surface area contributed by atoms with Gasteiger partial charge >= 0.3 is 0 Å². The molecule has 0 radical (unpaired) electrons. The Morgan fingerprint density at radius 3 is 2.54 bits per heavy atom. The highest BCUT2D eigenvalue weighted by atomic mass is 16.5. The summed E-state index contributed by atoms with van der Waals surface area (Å²) in [4.78, 5) is 21.7. The highest BCUT2D eigenvalue weighted by molar-refractivity contribution is 6.12. The SMILES string of the molecule is COc1ccc(NC(=O)c2cc3cccc(OC)c3c([NH2+]Nc3c(C#N)cnn3-c3ncccn3)c2O)cc1. The molecule has 0 atom stereocenters. The smallest absolute Gasteiger partial charge is 0.259 e. The van der Waals surface area contributed by atoms with Gasteiger partial charge in [-0.2, -0.15) is 15.0 Å². The standard InChI is InChI=1S/C27H22N8O4/c1-38-19-9-7-18(8-10-19)32-26(37)20-13-16-5-3-6-21(39-2)22(16)23(24(20)36)33-34-25-17(14-28)15-31-35(25)27-29-11-4-12-30-27/h3-13,15,33-34,36H,1-2H3,(H,32,37)/p+1. The van der Waals surface area contributed by atoms with Crippen LogP contribution in [0.25, 0.3) is 16.7 Å². The number of quaternary nitrogens is 1. The molecular formula is C27H23N8O4+. The van der Waals surface area contributed by atoms with Crippen molar-refractivity contribution < 1.29 is 24.8 Å². The summed E-state index contributed by atoms with van der Waals surface area (Å²) >= 11 is 0. The van der Waals surface area contributed by atoms with Crippen LogP contribution in [0.5, 0.6) is 17.2 Å². The molecule has 0 saturated carbocycles. The largest absolute Gasteiger partial charge is 0.502 e. The van der Waals surface area contributed by atoms with E-state index in [1.54, 1.807) is 68.0 Å². The lowest BCUT2D eigenvalue weighted by molar-refractivity contribution is -0.538. The molecule has 0 unspecified atom stereocenters. The Labute approximate surface area is 222 Å². The second-order valence-corrected chi connectivity index (χ2v) is 8.20. The van der Waals surface area contributed by atoms with E-state index in [1.807, 2.05) is 6.07 Å². The van der Waals surface area contributed by atoms with Crippen molar-refractivity contribution in [1.82, 2.24) is 19.7 Å². The molecule has 5 rings (SSSR count). The van der Waals surface area contributed by atoms with Crippen molar-refractivity contribution in [3.8, 4) is 29.3 Å². The highest BCUT2D eigenvalue weighted by Gasteiger charge is 2.25. The maximum atomic E-state index is 13.3. The van der Waals surface area contributed by atoms with E-state index in [0.29, 0.717) is 28.0 Å². The number of nitrogens with one attached hydrogen (secondary N) is 2. The van der Waals surface area contributed by atoms with Gasteiger partial charge in [0.05, 0.1) is 31.4 Å². The van der Waals surface area contributed by atoms with E-state index in [1.165, 1.54) is 23.4 Å². The quantitative estimate of drug-likeness (QED) is 0.104. The Morgan fingerprint density at radius 1 is 1.08 bits per heavy atom. The van der Waals surface area contributed by atoms with Gasteiger partial charge in [-0.3, -0.25) is 4.79 Å². The second kappa shape index (κ2) is 10.8. The maximum Gasteiger partial charge on any atom is 0.259 e. The predicted molar refractivity (Wildman–Crippen MR) is 142 cm³/mol. The lowest BCUT2D eigenvalue weighted by Gasteiger charge is -2.15. The van der Waals surface area contributed by atoms with Crippen molar-refractivity contribution >= 4 is 33.9 Å². The minimum Gasteiger partial charge on any atom is -0.502 e. The molecule has 194 valence electrons. The zero-order chi connectivity index (χ0) is 27.4. The number of carbonyl (C=O) groups is 1. The van der Waals surface area contributed by atoms with Crippen LogP contribution < -0.4 is 25.6 Å². The van der Waals surface area contributed by atoms with Crippen LogP contribution in [0.3, 0.4) is 0 Å². The molecule has 2 aromatic heterocycles. The summed E-state index contributed by atoms with van der Waals surface area (Å²) in [6.07, 6.45) is 4.49. The highest BCUT2D eigenvalue weighted by Crippen LogP contribution is 2.38. The van der Waals surface area contributed by atoms with E-state index in [-0.39, 0.29) is 34.3 Å². The first kappa shape index (κ1) is 25.0. The Bertz CT molecular complexity index is 1700. The molecule has 2 heterocycles.